The van der Waals surface area contributed by atoms with Crippen molar-refractivity contribution in [2.24, 2.45) is 5.73 Å². The number of nitrogens with one attached hydrogen (secondary N) is 1. The summed E-state index contributed by atoms with van der Waals surface area (Å²) in [6, 6.07) is 12.0. The number of hydrogen-bond donors (Lipinski definition) is 2. The van der Waals surface area contributed by atoms with Gasteiger partial charge < -0.3 is 25.4 Å². The lowest BCUT2D eigenvalue weighted by Crippen LogP contribution is -2.45. The molecule has 1 aliphatic heterocycles. The average molecular weight is 420 g/mol. The van der Waals surface area contributed by atoms with Crippen LogP contribution in [0.5, 0.6) is 11.5 Å². The van der Waals surface area contributed by atoms with E-state index < -0.39 is 0 Å². The molecular weight excluding hydrogens is 394 g/mol. The Morgan fingerprint density at radius 2 is 1.76 bits per heavy atom. The summed E-state index contributed by atoms with van der Waals surface area (Å²) in [5.41, 5.74) is 7.24. The van der Waals surface area contributed by atoms with Crippen LogP contribution in [0.15, 0.2) is 42.5 Å². The number of benzene rings is 2. The van der Waals surface area contributed by atoms with Gasteiger partial charge in [0, 0.05) is 30.8 Å². The van der Waals surface area contributed by atoms with Crippen molar-refractivity contribution < 1.29 is 19.1 Å². The van der Waals surface area contributed by atoms with E-state index in [1.807, 2.05) is 6.07 Å². The van der Waals surface area contributed by atoms with Gasteiger partial charge in [0.1, 0.15) is 0 Å². The van der Waals surface area contributed by atoms with Gasteiger partial charge in [0.05, 0.1) is 25.5 Å². The molecule has 3 N–H and O–H groups in total. The number of nitrogens with zero attached hydrogens (tertiary/aromatic N) is 1. The van der Waals surface area contributed by atoms with Crippen LogP contribution in [0, 0.1) is 0 Å². The number of anilines is 1. The number of ether oxygens (including phenoxy) is 2. The number of hydrogen-bond acceptors (Lipinski definition) is 5. The Balaban J connectivity index is 0.00000300. The van der Waals surface area contributed by atoms with Gasteiger partial charge in [-0.05, 0) is 31.0 Å². The van der Waals surface area contributed by atoms with Gasteiger partial charge in [0.25, 0.3) is 11.8 Å². The molecule has 1 fully saturated rings. The highest BCUT2D eigenvalue weighted by Crippen LogP contribution is 2.34. The summed E-state index contributed by atoms with van der Waals surface area (Å²) in [7, 11) is 3.01. The maximum atomic E-state index is 13.2. The van der Waals surface area contributed by atoms with Crippen molar-refractivity contribution in [3.63, 3.8) is 0 Å². The highest BCUT2D eigenvalue weighted by atomic mass is 35.5. The van der Waals surface area contributed by atoms with Gasteiger partial charge in [-0.3, -0.25) is 9.59 Å². The van der Waals surface area contributed by atoms with Crippen LogP contribution in [0.2, 0.25) is 0 Å². The van der Waals surface area contributed by atoms with E-state index in [1.54, 1.807) is 41.3 Å². The summed E-state index contributed by atoms with van der Waals surface area (Å²) < 4.78 is 10.7. The molecule has 0 saturated carbocycles. The Morgan fingerprint density at radius 1 is 1.10 bits per heavy atom. The summed E-state index contributed by atoms with van der Waals surface area (Å²) in [6.45, 7) is 1.12. The minimum absolute atomic E-state index is 0. The van der Waals surface area contributed by atoms with Crippen LogP contribution in [0.4, 0.5) is 5.69 Å². The van der Waals surface area contributed by atoms with Crippen molar-refractivity contribution in [2.75, 3.05) is 32.6 Å². The fourth-order valence-corrected chi connectivity index (χ4v) is 3.31. The minimum Gasteiger partial charge on any atom is -0.493 e. The van der Waals surface area contributed by atoms with E-state index in [-0.39, 0.29) is 30.3 Å². The summed E-state index contributed by atoms with van der Waals surface area (Å²) in [4.78, 5) is 27.5. The van der Waals surface area contributed by atoms with Crippen molar-refractivity contribution in [3.05, 3.63) is 53.6 Å². The van der Waals surface area contributed by atoms with Crippen LogP contribution in [0.25, 0.3) is 0 Å². The van der Waals surface area contributed by atoms with Crippen LogP contribution < -0.4 is 20.5 Å². The molecule has 3 rings (SSSR count). The average Bonchev–Trinajstić information content (AvgIpc) is 2.73. The SMILES string of the molecule is COc1cc(NC(=O)c2ccccc2)c(C(=O)N2CCCC(N)C2)cc1OC.Cl. The summed E-state index contributed by atoms with van der Waals surface area (Å²) in [6.07, 6.45) is 1.75. The Labute approximate surface area is 176 Å². The first-order chi connectivity index (χ1) is 13.5. The second-order valence-electron chi connectivity index (χ2n) is 6.73. The number of amides is 2. The van der Waals surface area contributed by atoms with Gasteiger partial charge in [-0.15, -0.1) is 12.4 Å². The van der Waals surface area contributed by atoms with Crippen molar-refractivity contribution in [1.29, 1.82) is 0 Å². The summed E-state index contributed by atoms with van der Waals surface area (Å²) >= 11 is 0. The summed E-state index contributed by atoms with van der Waals surface area (Å²) in [5.74, 6) is 0.347. The molecule has 1 heterocycles. The molecule has 1 atom stereocenters. The molecule has 2 aromatic carbocycles. The molecule has 2 amide bonds. The minimum atomic E-state index is -0.308. The topological polar surface area (TPSA) is 93.9 Å². The van der Waals surface area contributed by atoms with E-state index in [1.165, 1.54) is 14.2 Å². The zero-order valence-electron chi connectivity index (χ0n) is 16.5. The molecule has 0 radical (unpaired) electrons. The molecule has 156 valence electrons. The maximum absolute atomic E-state index is 13.2. The van der Waals surface area contributed by atoms with Crippen molar-refractivity contribution in [2.45, 2.75) is 18.9 Å². The number of piperidine rings is 1. The number of carbonyl (C=O) groups excluding carboxylic acids is 2. The predicted molar refractivity (Wildman–Crippen MR) is 114 cm³/mol. The molecule has 0 spiro atoms. The van der Waals surface area contributed by atoms with E-state index in [2.05, 4.69) is 5.32 Å². The maximum Gasteiger partial charge on any atom is 0.256 e. The largest absolute Gasteiger partial charge is 0.493 e. The second-order valence-corrected chi connectivity index (χ2v) is 6.73. The number of carbonyl (C=O) groups is 2. The molecule has 1 saturated heterocycles. The third-order valence-electron chi connectivity index (χ3n) is 4.78. The third-order valence-corrected chi connectivity index (χ3v) is 4.78. The van der Waals surface area contributed by atoms with E-state index in [0.717, 1.165) is 12.8 Å². The van der Waals surface area contributed by atoms with Gasteiger partial charge in [-0.25, -0.2) is 0 Å². The molecular formula is C21H26ClN3O4. The lowest BCUT2D eigenvalue weighted by atomic mass is 10.0. The number of methoxy groups -OCH3 is 2. The van der Waals surface area contributed by atoms with Crippen LogP contribution in [0.3, 0.4) is 0 Å². The molecule has 8 heteroatoms. The lowest BCUT2D eigenvalue weighted by Gasteiger charge is -2.31. The molecule has 0 aromatic heterocycles. The smallest absolute Gasteiger partial charge is 0.256 e. The Morgan fingerprint density at radius 3 is 2.38 bits per heavy atom. The third kappa shape index (κ3) is 5.19. The van der Waals surface area contributed by atoms with Gasteiger partial charge in [0.2, 0.25) is 0 Å². The molecule has 1 unspecified atom stereocenters. The normalized spacial score (nSPS) is 15.8. The fraction of sp³-hybridized carbons (Fsp3) is 0.333. The van der Waals surface area contributed by atoms with E-state index in [0.29, 0.717) is 41.4 Å². The molecule has 7 nitrogen and oxygen atoms in total. The van der Waals surface area contributed by atoms with Crippen LogP contribution in [0.1, 0.15) is 33.6 Å². The molecule has 29 heavy (non-hydrogen) atoms. The van der Waals surface area contributed by atoms with E-state index in [9.17, 15) is 9.59 Å². The molecule has 1 aliphatic rings. The van der Waals surface area contributed by atoms with Crippen LogP contribution in [-0.4, -0.2) is 50.1 Å². The number of likely N-dealkylation sites (tertiary alicyclic amines) is 1. The van der Waals surface area contributed by atoms with Gasteiger partial charge in [0.15, 0.2) is 11.5 Å². The quantitative estimate of drug-likeness (QED) is 0.777. The first-order valence-electron chi connectivity index (χ1n) is 9.20. The van der Waals surface area contributed by atoms with Crippen molar-refractivity contribution >= 4 is 29.9 Å². The zero-order valence-corrected chi connectivity index (χ0v) is 17.3. The number of nitrogens with two attached hydrogens (primary N) is 1. The van der Waals surface area contributed by atoms with Crippen LogP contribution in [-0.2, 0) is 0 Å². The Hall–Kier alpha value is -2.77. The lowest BCUT2D eigenvalue weighted by molar-refractivity contribution is 0.0709. The van der Waals surface area contributed by atoms with Gasteiger partial charge >= 0.3 is 0 Å². The second kappa shape index (κ2) is 10.1. The van der Waals surface area contributed by atoms with Gasteiger partial charge in [-0.2, -0.15) is 0 Å². The number of halogens is 1. The van der Waals surface area contributed by atoms with Crippen molar-refractivity contribution in [3.8, 4) is 11.5 Å². The summed E-state index contributed by atoms with van der Waals surface area (Å²) in [5, 5.41) is 2.83. The monoisotopic (exact) mass is 419 g/mol. The first kappa shape index (κ1) is 22.5. The highest BCUT2D eigenvalue weighted by molar-refractivity contribution is 6.09. The van der Waals surface area contributed by atoms with Crippen molar-refractivity contribution in [1.82, 2.24) is 4.90 Å². The van der Waals surface area contributed by atoms with Crippen LogP contribution >= 0.6 is 12.4 Å². The Kier molecular flexibility index (Phi) is 7.87. The van der Waals surface area contributed by atoms with E-state index >= 15 is 0 Å². The van der Waals surface area contributed by atoms with Gasteiger partial charge in [-0.1, -0.05) is 18.2 Å². The zero-order chi connectivity index (χ0) is 20.1. The molecule has 2 aromatic rings. The molecule has 0 bridgehead atoms. The number of rotatable bonds is 5. The first-order valence-corrected chi connectivity index (χ1v) is 9.20. The predicted octanol–water partition coefficient (Wildman–Crippen LogP) is 2.94. The standard InChI is InChI=1S/C21H25N3O4.ClH/c1-27-18-11-16(21(26)24-10-6-9-15(22)13-24)17(12-19(18)28-2)23-20(25)14-7-4-3-5-8-14;/h3-5,7-8,11-12,15H,6,9-10,13,22H2,1-2H3,(H,23,25);1H. The molecule has 0 aliphatic carbocycles. The van der Waals surface area contributed by atoms with E-state index in [4.69, 9.17) is 15.2 Å². The fourth-order valence-electron chi connectivity index (χ4n) is 3.31. The Bertz CT molecular complexity index is 861. The highest BCUT2D eigenvalue weighted by Gasteiger charge is 2.26.